The summed E-state index contributed by atoms with van der Waals surface area (Å²) in [6.07, 6.45) is 5.16. The largest absolute Gasteiger partial charge is 0.397 e. The van der Waals surface area contributed by atoms with Crippen LogP contribution in [0, 0.1) is 0 Å². The first-order chi connectivity index (χ1) is 26.2. The van der Waals surface area contributed by atoms with E-state index in [4.69, 9.17) is 4.43 Å². The van der Waals surface area contributed by atoms with Crippen LogP contribution in [0.5, 0.6) is 0 Å². The monoisotopic (exact) mass is 764 g/mol. The minimum atomic E-state index is -2.94. The second-order valence-corrected chi connectivity index (χ2v) is 20.2. The van der Waals surface area contributed by atoms with Crippen molar-refractivity contribution >= 4 is 48.1 Å². The first-order valence-corrected chi connectivity index (χ1v) is 21.4. The Morgan fingerprint density at radius 2 is 1.49 bits per heavy atom. The summed E-state index contributed by atoms with van der Waals surface area (Å²) in [7, 11) is -2.94. The Labute approximate surface area is 326 Å². The van der Waals surface area contributed by atoms with Crippen molar-refractivity contribution in [3.8, 4) is 0 Å². The van der Waals surface area contributed by atoms with Gasteiger partial charge in [0.1, 0.15) is 29.8 Å². The number of fused-ring (bicyclic) bond motifs is 1. The standard InChI is InChI=1S/C44H56N4O6Si/c1-7-44(6)42(53)46-38(32-21-12-8-13-22-32)41(52)48-30-20-28-36(48)40(51)45-35(39(50)47-44)27-18-11-19-29-37(49)31(2)54-55(43(3,4)5,33-23-14-9-15-24-33)34-25-16-10-17-26-34/h8-10,12-17,19,21-26,29,31,35-36,38H,7,11,18,20,27-28,30H2,1-6H3,(H,45,51)(H,46,53)(H,47,50)/b29-19+/t31-,35+,36-,38+,44+/m1/s1. The molecule has 2 saturated heterocycles. The van der Waals surface area contributed by atoms with Gasteiger partial charge in [0.25, 0.3) is 8.32 Å². The van der Waals surface area contributed by atoms with Crippen LogP contribution in [0.25, 0.3) is 0 Å². The number of ketones is 1. The Kier molecular flexibility index (Phi) is 13.3. The lowest BCUT2D eigenvalue weighted by Gasteiger charge is -2.44. The lowest BCUT2D eigenvalue weighted by Crippen LogP contribution is -2.68. The van der Waals surface area contributed by atoms with Crippen LogP contribution in [0.2, 0.25) is 5.04 Å². The molecule has 10 nitrogen and oxygen atoms in total. The van der Waals surface area contributed by atoms with Crippen LogP contribution in [-0.2, 0) is 28.4 Å². The molecule has 3 N–H and O–H groups in total. The van der Waals surface area contributed by atoms with Gasteiger partial charge in [-0.05, 0) is 79.4 Å². The SMILES string of the molecule is CC[C@]1(C)NC(=O)[C@H](CCC/C=C/C(=O)[C@@H](C)O[Si](c2ccccc2)(c2ccccc2)C(C)(C)C)NC(=O)[C@H]2CCCN2C(=O)[C@H](c2ccccc2)NC1=O. The number of benzene rings is 3. The summed E-state index contributed by atoms with van der Waals surface area (Å²) in [5.41, 5.74) is -0.744. The molecule has 292 valence electrons. The second-order valence-electron chi connectivity index (χ2n) is 15.9. The predicted octanol–water partition coefficient (Wildman–Crippen LogP) is 4.88. The van der Waals surface area contributed by atoms with Gasteiger partial charge >= 0.3 is 0 Å². The molecule has 0 bridgehead atoms. The molecule has 2 aliphatic rings. The number of unbranched alkanes of at least 4 members (excludes halogenated alkanes) is 1. The first kappa shape index (κ1) is 41.3. The smallest absolute Gasteiger partial charge is 0.262 e. The molecule has 0 unspecified atom stereocenters. The van der Waals surface area contributed by atoms with E-state index in [9.17, 15) is 24.0 Å². The van der Waals surface area contributed by atoms with Crippen LogP contribution < -0.4 is 26.3 Å². The minimum absolute atomic E-state index is 0.158. The predicted molar refractivity (Wildman–Crippen MR) is 217 cm³/mol. The van der Waals surface area contributed by atoms with Gasteiger partial charge in [-0.25, -0.2) is 0 Å². The maximum absolute atomic E-state index is 14.0. The molecule has 0 aromatic heterocycles. The lowest BCUT2D eigenvalue weighted by molar-refractivity contribution is -0.145. The van der Waals surface area contributed by atoms with Crippen molar-refractivity contribution in [2.24, 2.45) is 0 Å². The van der Waals surface area contributed by atoms with Gasteiger partial charge < -0.3 is 25.3 Å². The summed E-state index contributed by atoms with van der Waals surface area (Å²) in [6, 6.07) is 26.6. The van der Waals surface area contributed by atoms with Gasteiger partial charge in [-0.2, -0.15) is 0 Å². The molecule has 0 radical (unpaired) electrons. The van der Waals surface area contributed by atoms with E-state index in [0.717, 1.165) is 10.4 Å². The number of allylic oxidation sites excluding steroid dienone is 1. The van der Waals surface area contributed by atoms with Crippen molar-refractivity contribution in [3.05, 3.63) is 109 Å². The molecule has 2 fully saturated rings. The highest BCUT2D eigenvalue weighted by atomic mass is 28.4. The summed E-state index contributed by atoms with van der Waals surface area (Å²) in [5, 5.41) is 10.6. The first-order valence-electron chi connectivity index (χ1n) is 19.5. The number of carbonyl (C=O) groups excluding carboxylic acids is 5. The maximum Gasteiger partial charge on any atom is 0.262 e. The molecule has 0 aliphatic carbocycles. The van der Waals surface area contributed by atoms with E-state index in [1.807, 2.05) is 42.5 Å². The van der Waals surface area contributed by atoms with Gasteiger partial charge in [-0.3, -0.25) is 24.0 Å². The second kappa shape index (κ2) is 17.7. The molecular formula is C44H56N4O6Si. The highest BCUT2D eigenvalue weighted by Crippen LogP contribution is 2.37. The quantitative estimate of drug-likeness (QED) is 0.137. The zero-order valence-electron chi connectivity index (χ0n) is 33.0. The van der Waals surface area contributed by atoms with Gasteiger partial charge in [0.2, 0.25) is 23.6 Å². The Bertz CT molecular complexity index is 1810. The lowest BCUT2D eigenvalue weighted by atomic mass is 9.94. The fourth-order valence-corrected chi connectivity index (χ4v) is 12.3. The van der Waals surface area contributed by atoms with E-state index in [2.05, 4.69) is 61.0 Å². The van der Waals surface area contributed by atoms with Gasteiger partial charge in [-0.15, -0.1) is 0 Å². The molecule has 11 heteroatoms. The van der Waals surface area contributed by atoms with E-state index in [1.165, 1.54) is 4.90 Å². The molecule has 55 heavy (non-hydrogen) atoms. The van der Waals surface area contributed by atoms with E-state index >= 15 is 0 Å². The number of nitrogens with zero attached hydrogens (tertiary/aromatic N) is 1. The topological polar surface area (TPSA) is 134 Å². The summed E-state index contributed by atoms with van der Waals surface area (Å²) in [6.45, 7) is 12.1. The molecule has 0 spiro atoms. The zero-order valence-corrected chi connectivity index (χ0v) is 34.0. The Morgan fingerprint density at radius 1 is 0.909 bits per heavy atom. The Morgan fingerprint density at radius 3 is 2.05 bits per heavy atom. The molecule has 3 aromatic rings. The summed E-state index contributed by atoms with van der Waals surface area (Å²) in [4.78, 5) is 70.5. The van der Waals surface area contributed by atoms with Crippen LogP contribution in [0.1, 0.15) is 91.7 Å². The minimum Gasteiger partial charge on any atom is -0.397 e. The Balaban J connectivity index is 1.29. The van der Waals surface area contributed by atoms with Gasteiger partial charge in [0, 0.05) is 6.54 Å². The van der Waals surface area contributed by atoms with Crippen LogP contribution in [0.15, 0.2) is 103 Å². The van der Waals surface area contributed by atoms with Crippen molar-refractivity contribution in [3.63, 3.8) is 0 Å². The average molecular weight is 765 g/mol. The van der Waals surface area contributed by atoms with Crippen molar-refractivity contribution in [2.75, 3.05) is 6.54 Å². The highest BCUT2D eigenvalue weighted by Gasteiger charge is 2.51. The molecule has 4 amide bonds. The van der Waals surface area contributed by atoms with Gasteiger partial charge in [-0.1, -0.05) is 125 Å². The summed E-state index contributed by atoms with van der Waals surface area (Å²) >= 11 is 0. The van der Waals surface area contributed by atoms with Crippen LogP contribution in [0.4, 0.5) is 0 Å². The van der Waals surface area contributed by atoms with Crippen LogP contribution >= 0.6 is 0 Å². The van der Waals surface area contributed by atoms with E-state index in [1.54, 1.807) is 57.2 Å². The summed E-state index contributed by atoms with van der Waals surface area (Å²) < 4.78 is 6.97. The third-order valence-electron chi connectivity index (χ3n) is 11.1. The van der Waals surface area contributed by atoms with E-state index in [0.29, 0.717) is 37.8 Å². The molecule has 0 saturated carbocycles. The highest BCUT2D eigenvalue weighted by molar-refractivity contribution is 6.99. The molecule has 2 aliphatic heterocycles. The molecule has 5 rings (SSSR count). The van der Waals surface area contributed by atoms with Gasteiger partial charge in [0.15, 0.2) is 5.78 Å². The number of carbonyl (C=O) groups is 5. The van der Waals surface area contributed by atoms with Crippen molar-refractivity contribution in [1.82, 2.24) is 20.9 Å². The molecule has 5 atom stereocenters. The van der Waals surface area contributed by atoms with Crippen LogP contribution in [-0.4, -0.2) is 72.9 Å². The molecular weight excluding hydrogens is 709 g/mol. The fraction of sp³-hybridized carbons (Fsp3) is 0.432. The third-order valence-corrected chi connectivity index (χ3v) is 16.2. The number of amides is 4. The fourth-order valence-electron chi connectivity index (χ4n) is 7.68. The zero-order chi connectivity index (χ0) is 39.8. The van der Waals surface area contributed by atoms with Crippen molar-refractivity contribution < 1.29 is 28.4 Å². The third kappa shape index (κ3) is 9.16. The molecule has 3 aromatic carbocycles. The van der Waals surface area contributed by atoms with Crippen molar-refractivity contribution in [2.45, 2.75) is 115 Å². The van der Waals surface area contributed by atoms with Gasteiger partial charge in [0.05, 0.1) is 0 Å². The van der Waals surface area contributed by atoms with E-state index in [-0.39, 0.29) is 29.6 Å². The normalized spacial score (nSPS) is 23.2. The van der Waals surface area contributed by atoms with Crippen molar-refractivity contribution in [1.29, 1.82) is 0 Å². The van der Waals surface area contributed by atoms with E-state index < -0.39 is 55.8 Å². The molecule has 2 heterocycles. The summed E-state index contributed by atoms with van der Waals surface area (Å²) in [5.74, 6) is -1.88. The number of nitrogens with one attached hydrogen (secondary N) is 3. The number of hydrogen-bond donors (Lipinski definition) is 3. The number of rotatable bonds is 12. The number of hydrogen-bond acceptors (Lipinski definition) is 6. The maximum atomic E-state index is 14.0. The van der Waals surface area contributed by atoms with Crippen LogP contribution in [0.3, 0.4) is 0 Å². The Hall–Kier alpha value is -4.87. The average Bonchev–Trinajstić information content (AvgIpc) is 3.68.